The van der Waals surface area contributed by atoms with Crippen molar-refractivity contribution in [3.8, 4) is 0 Å². The quantitative estimate of drug-likeness (QED) is 0.854. The smallest absolute Gasteiger partial charge is 0.232 e. The molecule has 1 saturated heterocycles. The fourth-order valence-corrected chi connectivity index (χ4v) is 4.22. The second-order valence-corrected chi connectivity index (χ2v) is 7.55. The average molecular weight is 348 g/mol. The number of anilines is 1. The van der Waals surface area contributed by atoms with E-state index in [1.54, 1.807) is 0 Å². The Morgan fingerprint density at radius 2 is 1.92 bits per heavy atom. The van der Waals surface area contributed by atoms with Crippen molar-refractivity contribution in [3.05, 3.63) is 65.2 Å². The molecule has 4 heteroatoms. The maximum Gasteiger partial charge on any atom is 0.232 e. The van der Waals surface area contributed by atoms with E-state index in [-0.39, 0.29) is 23.8 Å². The highest BCUT2D eigenvalue weighted by Crippen LogP contribution is 2.34. The van der Waals surface area contributed by atoms with Crippen LogP contribution in [-0.2, 0) is 22.6 Å². The summed E-state index contributed by atoms with van der Waals surface area (Å²) in [5.41, 5.74) is 4.53. The molecule has 134 valence electrons. The van der Waals surface area contributed by atoms with Crippen molar-refractivity contribution >= 4 is 17.5 Å². The standard InChI is InChI=1S/C22H24N2O2/c1-15-6-5-7-17(10-15)13-23-14-19(12-21(23)25)22(26)24-16(2)11-18-8-3-4-9-20(18)24/h3-10,16,19H,11-14H2,1-2H3. The summed E-state index contributed by atoms with van der Waals surface area (Å²) < 4.78 is 0. The number of hydrogen-bond acceptors (Lipinski definition) is 2. The fraction of sp³-hybridized carbons (Fsp3) is 0.364. The van der Waals surface area contributed by atoms with Gasteiger partial charge in [0.2, 0.25) is 11.8 Å². The molecule has 2 aliphatic rings. The lowest BCUT2D eigenvalue weighted by atomic mass is 10.1. The number of para-hydroxylation sites is 1. The van der Waals surface area contributed by atoms with Gasteiger partial charge in [-0.25, -0.2) is 0 Å². The maximum atomic E-state index is 13.2. The normalized spacial score (nSPS) is 22.0. The van der Waals surface area contributed by atoms with Crippen molar-refractivity contribution in [2.24, 2.45) is 5.92 Å². The van der Waals surface area contributed by atoms with Gasteiger partial charge in [0.05, 0.1) is 5.92 Å². The molecule has 0 saturated carbocycles. The third-order valence-electron chi connectivity index (χ3n) is 5.46. The van der Waals surface area contributed by atoms with Crippen LogP contribution in [0, 0.1) is 12.8 Å². The number of rotatable bonds is 3. The molecule has 1 fully saturated rings. The number of carbonyl (C=O) groups is 2. The number of carbonyl (C=O) groups excluding carboxylic acids is 2. The molecule has 0 radical (unpaired) electrons. The topological polar surface area (TPSA) is 40.6 Å². The van der Waals surface area contributed by atoms with Gasteiger partial charge in [-0.2, -0.15) is 0 Å². The van der Waals surface area contributed by atoms with E-state index in [0.717, 1.165) is 17.7 Å². The molecule has 0 aliphatic carbocycles. The van der Waals surface area contributed by atoms with Crippen LogP contribution in [0.1, 0.15) is 30.0 Å². The van der Waals surface area contributed by atoms with E-state index in [1.807, 2.05) is 53.1 Å². The van der Waals surface area contributed by atoms with Crippen LogP contribution >= 0.6 is 0 Å². The molecule has 4 rings (SSSR count). The van der Waals surface area contributed by atoms with Gasteiger partial charge in [-0.15, -0.1) is 0 Å². The van der Waals surface area contributed by atoms with E-state index < -0.39 is 0 Å². The van der Waals surface area contributed by atoms with Gasteiger partial charge < -0.3 is 9.80 Å². The van der Waals surface area contributed by atoms with Gasteiger partial charge >= 0.3 is 0 Å². The van der Waals surface area contributed by atoms with Crippen molar-refractivity contribution < 1.29 is 9.59 Å². The molecule has 2 unspecified atom stereocenters. The van der Waals surface area contributed by atoms with Gasteiger partial charge in [-0.1, -0.05) is 48.0 Å². The Bertz CT molecular complexity index is 861. The zero-order chi connectivity index (χ0) is 18.3. The predicted molar refractivity (Wildman–Crippen MR) is 102 cm³/mol. The molecule has 2 amide bonds. The van der Waals surface area contributed by atoms with Crippen molar-refractivity contribution in [1.82, 2.24) is 4.90 Å². The van der Waals surface area contributed by atoms with Gasteiger partial charge in [0.1, 0.15) is 0 Å². The molecule has 0 bridgehead atoms. The monoisotopic (exact) mass is 348 g/mol. The summed E-state index contributed by atoms with van der Waals surface area (Å²) in [6.07, 6.45) is 1.20. The second-order valence-electron chi connectivity index (χ2n) is 7.55. The van der Waals surface area contributed by atoms with E-state index in [4.69, 9.17) is 0 Å². The highest BCUT2D eigenvalue weighted by atomic mass is 16.2. The Kier molecular flexibility index (Phi) is 4.27. The number of benzene rings is 2. The van der Waals surface area contributed by atoms with Gasteiger partial charge in [-0.05, 0) is 37.5 Å². The average Bonchev–Trinajstić information content (AvgIpc) is 3.14. The molecule has 0 N–H and O–H groups in total. The Hall–Kier alpha value is -2.62. The largest absolute Gasteiger partial charge is 0.338 e. The number of fused-ring (bicyclic) bond motifs is 1. The maximum absolute atomic E-state index is 13.2. The first-order valence-corrected chi connectivity index (χ1v) is 9.27. The van der Waals surface area contributed by atoms with E-state index in [9.17, 15) is 9.59 Å². The molecule has 2 atom stereocenters. The van der Waals surface area contributed by atoms with Gasteiger partial charge in [0.15, 0.2) is 0 Å². The zero-order valence-electron chi connectivity index (χ0n) is 15.3. The summed E-state index contributed by atoms with van der Waals surface area (Å²) in [6, 6.07) is 16.4. The van der Waals surface area contributed by atoms with Crippen LogP contribution in [0.25, 0.3) is 0 Å². The van der Waals surface area contributed by atoms with Crippen molar-refractivity contribution in [2.45, 2.75) is 39.3 Å². The lowest BCUT2D eigenvalue weighted by Gasteiger charge is -2.26. The second kappa shape index (κ2) is 6.60. The summed E-state index contributed by atoms with van der Waals surface area (Å²) in [5.74, 6) is -0.0894. The lowest BCUT2D eigenvalue weighted by Crippen LogP contribution is -2.41. The number of amides is 2. The summed E-state index contributed by atoms with van der Waals surface area (Å²) in [5, 5.41) is 0. The lowest BCUT2D eigenvalue weighted by molar-refractivity contribution is -0.129. The van der Waals surface area contributed by atoms with Crippen molar-refractivity contribution in [3.63, 3.8) is 0 Å². The first-order chi connectivity index (χ1) is 12.5. The van der Waals surface area contributed by atoms with Crippen LogP contribution in [0.5, 0.6) is 0 Å². The number of nitrogens with zero attached hydrogens (tertiary/aromatic N) is 2. The van der Waals surface area contributed by atoms with E-state index in [0.29, 0.717) is 19.5 Å². The summed E-state index contributed by atoms with van der Waals surface area (Å²) >= 11 is 0. The highest BCUT2D eigenvalue weighted by Gasteiger charge is 2.40. The fourth-order valence-electron chi connectivity index (χ4n) is 4.22. The van der Waals surface area contributed by atoms with Crippen LogP contribution in [0.2, 0.25) is 0 Å². The molecule has 2 aromatic rings. The van der Waals surface area contributed by atoms with E-state index >= 15 is 0 Å². The summed E-state index contributed by atoms with van der Waals surface area (Å²) in [4.78, 5) is 29.4. The first-order valence-electron chi connectivity index (χ1n) is 9.27. The molecule has 2 heterocycles. The Morgan fingerprint density at radius 3 is 2.73 bits per heavy atom. The number of hydrogen-bond donors (Lipinski definition) is 0. The van der Waals surface area contributed by atoms with E-state index in [1.165, 1.54) is 11.1 Å². The zero-order valence-corrected chi connectivity index (χ0v) is 15.3. The van der Waals surface area contributed by atoms with Crippen molar-refractivity contribution in [1.29, 1.82) is 0 Å². The van der Waals surface area contributed by atoms with Crippen LogP contribution in [0.3, 0.4) is 0 Å². The minimum absolute atomic E-state index is 0.0741. The van der Waals surface area contributed by atoms with Gasteiger partial charge in [0, 0.05) is 31.2 Å². The molecule has 0 spiro atoms. The third-order valence-corrected chi connectivity index (χ3v) is 5.46. The number of likely N-dealkylation sites (tertiary alicyclic amines) is 1. The SMILES string of the molecule is Cc1cccc(CN2CC(C(=O)N3c4ccccc4CC3C)CC2=O)c1. The van der Waals surface area contributed by atoms with Crippen LogP contribution < -0.4 is 4.90 Å². The van der Waals surface area contributed by atoms with E-state index in [2.05, 4.69) is 19.1 Å². The van der Waals surface area contributed by atoms with Gasteiger partial charge in [0.25, 0.3) is 0 Å². The Morgan fingerprint density at radius 1 is 1.12 bits per heavy atom. The summed E-state index contributed by atoms with van der Waals surface area (Å²) in [7, 11) is 0. The molecule has 4 nitrogen and oxygen atoms in total. The highest BCUT2D eigenvalue weighted by molar-refractivity contribution is 6.01. The minimum atomic E-state index is -0.249. The number of aryl methyl sites for hydroxylation is 1. The minimum Gasteiger partial charge on any atom is -0.338 e. The predicted octanol–water partition coefficient (Wildman–Crippen LogP) is 3.32. The van der Waals surface area contributed by atoms with Gasteiger partial charge in [-0.3, -0.25) is 9.59 Å². The molecule has 2 aromatic carbocycles. The van der Waals surface area contributed by atoms with Crippen LogP contribution in [0.15, 0.2) is 48.5 Å². The van der Waals surface area contributed by atoms with Crippen molar-refractivity contribution in [2.75, 3.05) is 11.4 Å². The molecule has 26 heavy (non-hydrogen) atoms. The first kappa shape index (κ1) is 16.8. The molecular weight excluding hydrogens is 324 g/mol. The van der Waals surface area contributed by atoms with Crippen LogP contribution in [0.4, 0.5) is 5.69 Å². The molecule has 2 aliphatic heterocycles. The van der Waals surface area contributed by atoms with Crippen LogP contribution in [-0.4, -0.2) is 29.3 Å². The third kappa shape index (κ3) is 3.00. The Balaban J connectivity index is 1.49. The molecule has 0 aromatic heterocycles. The Labute approximate surface area is 154 Å². The summed E-state index contributed by atoms with van der Waals surface area (Å²) in [6.45, 7) is 5.22. The molecular formula is C22H24N2O2.